The molecule has 1 atom stereocenters. The maximum absolute atomic E-state index is 9.90. The van der Waals surface area contributed by atoms with E-state index in [0.717, 1.165) is 17.7 Å². The van der Waals surface area contributed by atoms with E-state index >= 15 is 0 Å². The summed E-state index contributed by atoms with van der Waals surface area (Å²) in [5.41, 5.74) is 4.49. The summed E-state index contributed by atoms with van der Waals surface area (Å²) < 4.78 is 0. The van der Waals surface area contributed by atoms with Crippen molar-refractivity contribution in [2.45, 2.75) is 33.4 Å². The lowest BCUT2D eigenvalue weighted by Crippen LogP contribution is -2.19. The highest BCUT2D eigenvalue weighted by atomic mass is 16.3. The molecule has 100 valence electrons. The highest BCUT2D eigenvalue weighted by Gasteiger charge is 2.10. The topological polar surface area (TPSA) is 45.1 Å². The predicted octanol–water partition coefficient (Wildman–Crippen LogP) is 3.25. The number of hydrogen-bond donors (Lipinski definition) is 2. The van der Waals surface area contributed by atoms with E-state index in [0.29, 0.717) is 5.75 Å². The van der Waals surface area contributed by atoms with Crippen LogP contribution in [0.3, 0.4) is 0 Å². The van der Waals surface area contributed by atoms with Gasteiger partial charge >= 0.3 is 0 Å². The molecule has 3 nitrogen and oxygen atoms in total. The molecule has 0 fully saturated rings. The van der Waals surface area contributed by atoms with Gasteiger partial charge in [-0.1, -0.05) is 17.7 Å². The average molecular weight is 256 g/mol. The Balaban J connectivity index is 2.07. The molecule has 19 heavy (non-hydrogen) atoms. The lowest BCUT2D eigenvalue weighted by Gasteiger charge is -2.17. The van der Waals surface area contributed by atoms with Crippen LogP contribution in [0.2, 0.25) is 0 Å². The van der Waals surface area contributed by atoms with Crippen LogP contribution in [0.4, 0.5) is 0 Å². The van der Waals surface area contributed by atoms with Crippen LogP contribution in [-0.4, -0.2) is 10.1 Å². The van der Waals surface area contributed by atoms with Gasteiger partial charge in [0, 0.05) is 30.5 Å². The highest BCUT2D eigenvalue weighted by Crippen LogP contribution is 2.25. The molecule has 0 aliphatic heterocycles. The highest BCUT2D eigenvalue weighted by molar-refractivity contribution is 5.37. The fourth-order valence-electron chi connectivity index (χ4n) is 2.08. The third kappa shape index (κ3) is 3.32. The summed E-state index contributed by atoms with van der Waals surface area (Å²) in [5, 5.41) is 13.3. The molecular weight excluding hydrogens is 236 g/mol. The predicted molar refractivity (Wildman–Crippen MR) is 77.1 cm³/mol. The maximum Gasteiger partial charge on any atom is 0.120 e. The first-order valence-corrected chi connectivity index (χ1v) is 6.50. The molecule has 0 amide bonds. The lowest BCUT2D eigenvalue weighted by atomic mass is 10.0. The van der Waals surface area contributed by atoms with Gasteiger partial charge in [0.25, 0.3) is 0 Å². The summed E-state index contributed by atoms with van der Waals surface area (Å²) in [4.78, 5) is 4.14. The van der Waals surface area contributed by atoms with Gasteiger partial charge in [0.15, 0.2) is 0 Å². The Morgan fingerprint density at radius 1 is 1.26 bits per heavy atom. The number of rotatable bonds is 4. The number of phenols is 1. The van der Waals surface area contributed by atoms with Crippen LogP contribution in [0, 0.1) is 13.8 Å². The Morgan fingerprint density at radius 2 is 2.05 bits per heavy atom. The minimum atomic E-state index is 0.0968. The van der Waals surface area contributed by atoms with Crippen LogP contribution >= 0.6 is 0 Å². The first-order chi connectivity index (χ1) is 9.08. The zero-order chi connectivity index (χ0) is 13.8. The molecule has 2 aromatic rings. The third-order valence-corrected chi connectivity index (χ3v) is 3.40. The normalized spacial score (nSPS) is 12.4. The third-order valence-electron chi connectivity index (χ3n) is 3.40. The number of aryl methyl sites for hydroxylation is 2. The molecule has 1 aromatic carbocycles. The van der Waals surface area contributed by atoms with Gasteiger partial charge in [-0.25, -0.2) is 0 Å². The van der Waals surface area contributed by atoms with Gasteiger partial charge in [-0.15, -0.1) is 0 Å². The molecule has 1 aromatic heterocycles. The van der Waals surface area contributed by atoms with E-state index in [-0.39, 0.29) is 6.04 Å². The second-order valence-corrected chi connectivity index (χ2v) is 4.97. The molecule has 0 aliphatic carbocycles. The summed E-state index contributed by atoms with van der Waals surface area (Å²) in [6.45, 7) is 6.91. The standard InChI is InChI=1S/C16H20N2O/c1-11-4-5-16(19)15(8-11)13(3)18-10-14-9-17-7-6-12(14)2/h4-9,13,18-19H,10H2,1-3H3. The fraction of sp³-hybridized carbons (Fsp3) is 0.312. The molecule has 3 heteroatoms. The molecule has 0 saturated carbocycles. The summed E-state index contributed by atoms with van der Waals surface area (Å²) in [6, 6.07) is 7.78. The van der Waals surface area contributed by atoms with Crippen molar-refractivity contribution in [3.05, 3.63) is 58.9 Å². The van der Waals surface area contributed by atoms with Crippen LogP contribution in [0.5, 0.6) is 5.75 Å². The zero-order valence-corrected chi connectivity index (χ0v) is 11.6. The van der Waals surface area contributed by atoms with E-state index < -0.39 is 0 Å². The van der Waals surface area contributed by atoms with Gasteiger partial charge in [0.2, 0.25) is 0 Å². The van der Waals surface area contributed by atoms with Crippen molar-refractivity contribution >= 4 is 0 Å². The largest absolute Gasteiger partial charge is 0.508 e. The van der Waals surface area contributed by atoms with Gasteiger partial charge in [0.05, 0.1) is 0 Å². The van der Waals surface area contributed by atoms with Crippen LogP contribution in [-0.2, 0) is 6.54 Å². The van der Waals surface area contributed by atoms with E-state index in [1.165, 1.54) is 11.1 Å². The Kier molecular flexibility index (Phi) is 4.17. The smallest absolute Gasteiger partial charge is 0.120 e. The molecule has 0 spiro atoms. The van der Waals surface area contributed by atoms with Crippen molar-refractivity contribution in [2.75, 3.05) is 0 Å². The van der Waals surface area contributed by atoms with Crippen molar-refractivity contribution in [1.29, 1.82) is 0 Å². The minimum Gasteiger partial charge on any atom is -0.508 e. The number of nitrogens with one attached hydrogen (secondary N) is 1. The van der Waals surface area contributed by atoms with E-state index in [1.807, 2.05) is 31.3 Å². The Labute approximate surface area is 114 Å². The second-order valence-electron chi connectivity index (χ2n) is 4.97. The van der Waals surface area contributed by atoms with Crippen LogP contribution in [0.25, 0.3) is 0 Å². The Hall–Kier alpha value is -1.87. The van der Waals surface area contributed by atoms with Crippen molar-refractivity contribution in [3.8, 4) is 5.75 Å². The zero-order valence-electron chi connectivity index (χ0n) is 11.6. The number of aromatic nitrogens is 1. The Morgan fingerprint density at radius 3 is 2.79 bits per heavy atom. The number of benzene rings is 1. The first kappa shape index (κ1) is 13.6. The van der Waals surface area contributed by atoms with E-state index in [2.05, 4.69) is 24.1 Å². The summed E-state index contributed by atoms with van der Waals surface area (Å²) >= 11 is 0. The van der Waals surface area contributed by atoms with Gasteiger partial charge in [-0.05, 0) is 44.0 Å². The molecule has 1 unspecified atom stereocenters. The SMILES string of the molecule is Cc1ccc(O)c(C(C)NCc2cnccc2C)c1. The van der Waals surface area contributed by atoms with E-state index in [4.69, 9.17) is 0 Å². The molecule has 2 rings (SSSR count). The van der Waals surface area contributed by atoms with Gasteiger partial charge < -0.3 is 10.4 Å². The molecular formula is C16H20N2O. The Bertz CT molecular complexity index is 566. The number of nitrogens with zero attached hydrogens (tertiary/aromatic N) is 1. The molecule has 0 aliphatic rings. The van der Waals surface area contributed by atoms with Gasteiger partial charge in [-0.2, -0.15) is 0 Å². The van der Waals surface area contributed by atoms with Crippen molar-refractivity contribution in [2.24, 2.45) is 0 Å². The molecule has 0 bridgehead atoms. The van der Waals surface area contributed by atoms with Crippen LogP contribution in [0.1, 0.15) is 35.2 Å². The fourth-order valence-corrected chi connectivity index (χ4v) is 2.08. The molecule has 1 heterocycles. The van der Waals surface area contributed by atoms with Crippen molar-refractivity contribution in [3.63, 3.8) is 0 Å². The summed E-state index contributed by atoms with van der Waals surface area (Å²) in [6.07, 6.45) is 3.68. The van der Waals surface area contributed by atoms with Crippen molar-refractivity contribution in [1.82, 2.24) is 10.3 Å². The molecule has 0 radical (unpaired) electrons. The number of pyridine rings is 1. The van der Waals surface area contributed by atoms with E-state index in [9.17, 15) is 5.11 Å². The molecule has 0 saturated heterocycles. The number of phenolic OH excluding ortho intramolecular Hbond substituents is 1. The maximum atomic E-state index is 9.90. The summed E-state index contributed by atoms with van der Waals surface area (Å²) in [7, 11) is 0. The minimum absolute atomic E-state index is 0.0968. The monoisotopic (exact) mass is 256 g/mol. The lowest BCUT2D eigenvalue weighted by molar-refractivity contribution is 0.452. The van der Waals surface area contributed by atoms with Crippen LogP contribution < -0.4 is 5.32 Å². The number of hydrogen-bond acceptors (Lipinski definition) is 3. The van der Waals surface area contributed by atoms with Gasteiger partial charge in [-0.3, -0.25) is 4.98 Å². The van der Waals surface area contributed by atoms with Crippen molar-refractivity contribution < 1.29 is 5.11 Å². The van der Waals surface area contributed by atoms with E-state index in [1.54, 1.807) is 12.3 Å². The first-order valence-electron chi connectivity index (χ1n) is 6.50. The quantitative estimate of drug-likeness (QED) is 0.882. The summed E-state index contributed by atoms with van der Waals surface area (Å²) in [5.74, 6) is 0.341. The molecule has 2 N–H and O–H groups in total. The number of aromatic hydroxyl groups is 1. The average Bonchev–Trinajstić information content (AvgIpc) is 2.40. The van der Waals surface area contributed by atoms with Crippen LogP contribution in [0.15, 0.2) is 36.7 Å². The second kappa shape index (κ2) is 5.85. The van der Waals surface area contributed by atoms with Gasteiger partial charge in [0.1, 0.15) is 5.75 Å².